The predicted molar refractivity (Wildman–Crippen MR) is 115 cm³/mol. The first kappa shape index (κ1) is 22.5. The SMILES string of the molecule is CC1C/C=C/CC/C=C\CCCCCCCCCCCCCCCC1. The van der Waals surface area contributed by atoms with Crippen molar-refractivity contribution in [1.29, 1.82) is 0 Å². The molecular weight excluding hydrogens is 300 g/mol. The highest BCUT2D eigenvalue weighted by Crippen LogP contribution is 2.17. The maximum atomic E-state index is 2.43. The lowest BCUT2D eigenvalue weighted by Crippen LogP contribution is -1.92. The van der Waals surface area contributed by atoms with E-state index < -0.39 is 0 Å². The largest absolute Gasteiger partial charge is 0.0885 e. The van der Waals surface area contributed by atoms with Gasteiger partial charge in [0, 0.05) is 0 Å². The minimum atomic E-state index is 0.873. The van der Waals surface area contributed by atoms with E-state index in [-0.39, 0.29) is 0 Å². The fraction of sp³-hybridized carbons (Fsp3) is 0.840. The van der Waals surface area contributed by atoms with Gasteiger partial charge in [-0.25, -0.2) is 0 Å². The van der Waals surface area contributed by atoms with Crippen molar-refractivity contribution in [1.82, 2.24) is 0 Å². The molecule has 0 heterocycles. The van der Waals surface area contributed by atoms with Crippen LogP contribution in [0, 0.1) is 5.92 Å². The molecule has 1 rings (SSSR count). The Morgan fingerprint density at radius 2 is 0.840 bits per heavy atom. The molecule has 1 atom stereocenters. The van der Waals surface area contributed by atoms with Gasteiger partial charge in [0.2, 0.25) is 0 Å². The molecule has 0 aliphatic heterocycles. The Bertz CT molecular complexity index is 312. The van der Waals surface area contributed by atoms with Gasteiger partial charge in [0.05, 0.1) is 0 Å². The Morgan fingerprint density at radius 1 is 0.440 bits per heavy atom. The lowest BCUT2D eigenvalue weighted by atomic mass is 9.98. The van der Waals surface area contributed by atoms with Crippen LogP contribution in [0.5, 0.6) is 0 Å². The molecule has 0 radical (unpaired) electrons. The average Bonchev–Trinajstić information content (AvgIpc) is 2.61. The second-order valence-electron chi connectivity index (χ2n) is 8.39. The molecule has 0 aromatic carbocycles. The monoisotopic (exact) mass is 346 g/mol. The van der Waals surface area contributed by atoms with E-state index in [1.54, 1.807) is 0 Å². The molecule has 0 spiro atoms. The molecule has 1 unspecified atom stereocenters. The fourth-order valence-corrected chi connectivity index (χ4v) is 3.87. The Hall–Kier alpha value is -0.520. The average molecular weight is 347 g/mol. The standard InChI is InChI=1S/C25H46/c1-25-23-21-19-17-15-13-11-9-7-5-3-2-4-6-8-10-12-14-16-18-20-22-24-25/h11,13,19,21,25H,2-10,12,14-18,20,22-24H2,1H3/b13-11-,21-19+. The molecule has 0 amide bonds. The summed E-state index contributed by atoms with van der Waals surface area (Å²) in [6, 6.07) is 0. The van der Waals surface area contributed by atoms with Crippen molar-refractivity contribution in [3.63, 3.8) is 0 Å². The number of rotatable bonds is 0. The van der Waals surface area contributed by atoms with Gasteiger partial charge in [-0.3, -0.25) is 0 Å². The molecule has 0 fully saturated rings. The lowest BCUT2D eigenvalue weighted by Gasteiger charge is -2.08. The zero-order chi connectivity index (χ0) is 17.8. The van der Waals surface area contributed by atoms with Crippen LogP contribution < -0.4 is 0 Å². The van der Waals surface area contributed by atoms with Crippen LogP contribution in [-0.2, 0) is 0 Å². The Balaban J connectivity index is 2.17. The van der Waals surface area contributed by atoms with Crippen molar-refractivity contribution in [3.05, 3.63) is 24.3 Å². The van der Waals surface area contributed by atoms with Crippen molar-refractivity contribution >= 4 is 0 Å². The highest BCUT2D eigenvalue weighted by molar-refractivity contribution is 4.88. The van der Waals surface area contributed by atoms with Crippen molar-refractivity contribution in [2.75, 3.05) is 0 Å². The molecule has 1 aliphatic carbocycles. The van der Waals surface area contributed by atoms with E-state index in [1.807, 2.05) is 0 Å². The summed E-state index contributed by atoms with van der Waals surface area (Å²) in [6.07, 6.45) is 36.5. The zero-order valence-corrected chi connectivity index (χ0v) is 17.3. The van der Waals surface area contributed by atoms with E-state index in [0.29, 0.717) is 0 Å². The van der Waals surface area contributed by atoms with Crippen LogP contribution in [0.2, 0.25) is 0 Å². The zero-order valence-electron chi connectivity index (χ0n) is 17.3. The molecule has 0 aromatic heterocycles. The molecule has 0 saturated heterocycles. The highest BCUT2D eigenvalue weighted by Gasteiger charge is 2.00. The van der Waals surface area contributed by atoms with Crippen LogP contribution in [0.3, 0.4) is 0 Å². The van der Waals surface area contributed by atoms with Gasteiger partial charge >= 0.3 is 0 Å². The molecule has 0 bridgehead atoms. The van der Waals surface area contributed by atoms with Crippen LogP contribution in [0.4, 0.5) is 0 Å². The van der Waals surface area contributed by atoms with Gasteiger partial charge in [0.25, 0.3) is 0 Å². The van der Waals surface area contributed by atoms with Gasteiger partial charge in [-0.05, 0) is 38.0 Å². The number of hydrogen-bond donors (Lipinski definition) is 0. The van der Waals surface area contributed by atoms with E-state index in [2.05, 4.69) is 31.2 Å². The molecular formula is C25H46. The topological polar surface area (TPSA) is 0 Å². The van der Waals surface area contributed by atoms with Gasteiger partial charge in [0.1, 0.15) is 0 Å². The summed E-state index contributed by atoms with van der Waals surface area (Å²) >= 11 is 0. The first-order valence-corrected chi connectivity index (χ1v) is 11.7. The quantitative estimate of drug-likeness (QED) is 0.383. The van der Waals surface area contributed by atoms with Crippen molar-refractivity contribution in [2.45, 2.75) is 129 Å². The summed E-state index contributed by atoms with van der Waals surface area (Å²) in [4.78, 5) is 0. The summed E-state index contributed by atoms with van der Waals surface area (Å²) < 4.78 is 0. The highest BCUT2D eigenvalue weighted by atomic mass is 14.1. The third kappa shape index (κ3) is 16.7. The van der Waals surface area contributed by atoms with E-state index in [1.165, 1.54) is 122 Å². The maximum Gasteiger partial charge on any atom is -0.0316 e. The predicted octanol–water partition coefficient (Wildman–Crippen LogP) is 9.16. The molecule has 146 valence electrons. The molecule has 0 saturated carbocycles. The minimum Gasteiger partial charge on any atom is -0.0885 e. The van der Waals surface area contributed by atoms with Crippen LogP contribution in [0.1, 0.15) is 129 Å². The first-order chi connectivity index (χ1) is 12.4. The summed E-state index contributed by atoms with van der Waals surface area (Å²) in [7, 11) is 0. The van der Waals surface area contributed by atoms with Gasteiger partial charge in [-0.2, -0.15) is 0 Å². The normalized spacial score (nSPS) is 27.8. The molecule has 25 heavy (non-hydrogen) atoms. The van der Waals surface area contributed by atoms with Gasteiger partial charge in [-0.15, -0.1) is 0 Å². The van der Waals surface area contributed by atoms with Crippen molar-refractivity contribution in [2.24, 2.45) is 5.92 Å². The summed E-state index contributed by atoms with van der Waals surface area (Å²) in [6.45, 7) is 2.42. The summed E-state index contributed by atoms with van der Waals surface area (Å²) in [5.41, 5.74) is 0. The van der Waals surface area contributed by atoms with E-state index in [4.69, 9.17) is 0 Å². The third-order valence-electron chi connectivity index (χ3n) is 5.69. The van der Waals surface area contributed by atoms with Crippen LogP contribution in [0.25, 0.3) is 0 Å². The van der Waals surface area contributed by atoms with Gasteiger partial charge in [-0.1, -0.05) is 121 Å². The molecule has 0 heteroatoms. The van der Waals surface area contributed by atoms with Gasteiger partial charge in [0.15, 0.2) is 0 Å². The summed E-state index contributed by atoms with van der Waals surface area (Å²) in [5, 5.41) is 0. The Morgan fingerprint density at radius 3 is 1.40 bits per heavy atom. The number of hydrogen-bond acceptors (Lipinski definition) is 0. The fourth-order valence-electron chi connectivity index (χ4n) is 3.87. The Kier molecular flexibility index (Phi) is 16.5. The third-order valence-corrected chi connectivity index (χ3v) is 5.69. The van der Waals surface area contributed by atoms with Crippen molar-refractivity contribution in [3.8, 4) is 0 Å². The van der Waals surface area contributed by atoms with E-state index in [9.17, 15) is 0 Å². The minimum absolute atomic E-state index is 0.873. The second-order valence-corrected chi connectivity index (χ2v) is 8.39. The number of allylic oxidation sites excluding steroid dienone is 4. The maximum absolute atomic E-state index is 2.43. The lowest BCUT2D eigenvalue weighted by molar-refractivity contribution is 0.481. The van der Waals surface area contributed by atoms with Crippen LogP contribution >= 0.6 is 0 Å². The molecule has 0 nitrogen and oxygen atoms in total. The van der Waals surface area contributed by atoms with E-state index in [0.717, 1.165) is 5.92 Å². The molecule has 0 aromatic rings. The summed E-state index contributed by atoms with van der Waals surface area (Å²) in [5.74, 6) is 0.873. The van der Waals surface area contributed by atoms with E-state index >= 15 is 0 Å². The first-order valence-electron chi connectivity index (χ1n) is 11.7. The smallest absolute Gasteiger partial charge is 0.0316 e. The van der Waals surface area contributed by atoms with Gasteiger partial charge < -0.3 is 0 Å². The van der Waals surface area contributed by atoms with Crippen LogP contribution in [-0.4, -0.2) is 0 Å². The molecule has 0 N–H and O–H groups in total. The molecule has 1 aliphatic rings. The Labute approximate surface area is 159 Å². The second kappa shape index (κ2) is 18.3. The van der Waals surface area contributed by atoms with Crippen molar-refractivity contribution < 1.29 is 0 Å². The van der Waals surface area contributed by atoms with Crippen LogP contribution in [0.15, 0.2) is 24.3 Å².